The molecule has 2 aromatic heterocycles. The monoisotopic (exact) mass is 439 g/mol. The van der Waals surface area contributed by atoms with Gasteiger partial charge in [0.15, 0.2) is 0 Å². The third-order valence-electron chi connectivity index (χ3n) is 5.68. The van der Waals surface area contributed by atoms with Crippen LogP contribution >= 0.6 is 0 Å². The number of esters is 1. The predicted octanol–water partition coefficient (Wildman–Crippen LogP) is 5.53. The van der Waals surface area contributed by atoms with Crippen molar-refractivity contribution >= 4 is 16.9 Å². The molecule has 6 heteroatoms. The molecule has 2 heterocycles. The summed E-state index contributed by atoms with van der Waals surface area (Å²) in [5, 5.41) is 5.81. The highest BCUT2D eigenvalue weighted by molar-refractivity contribution is 5.97. The quantitative estimate of drug-likeness (QED) is 0.327. The van der Waals surface area contributed by atoms with Crippen molar-refractivity contribution in [2.75, 3.05) is 7.11 Å². The molecule has 0 aliphatic rings. The van der Waals surface area contributed by atoms with Crippen LogP contribution in [-0.2, 0) is 17.8 Å². The number of para-hydroxylation sites is 1. The van der Waals surface area contributed by atoms with Crippen molar-refractivity contribution in [2.24, 2.45) is 0 Å². The Labute approximate surface area is 190 Å². The van der Waals surface area contributed by atoms with E-state index in [1.54, 1.807) is 22.9 Å². The lowest BCUT2D eigenvalue weighted by Crippen LogP contribution is -2.12. The van der Waals surface area contributed by atoms with Crippen molar-refractivity contribution in [1.29, 1.82) is 0 Å². The van der Waals surface area contributed by atoms with E-state index in [1.807, 2.05) is 60.8 Å². The van der Waals surface area contributed by atoms with Gasteiger partial charge < -0.3 is 9.30 Å². The molecule has 0 spiro atoms. The second-order valence-corrected chi connectivity index (χ2v) is 7.86. The van der Waals surface area contributed by atoms with Crippen molar-refractivity contribution in [3.05, 3.63) is 114 Å². The summed E-state index contributed by atoms with van der Waals surface area (Å²) >= 11 is 0. The number of ether oxygens (including phenoxy) is 1. The van der Waals surface area contributed by atoms with Gasteiger partial charge in [0.1, 0.15) is 11.5 Å². The van der Waals surface area contributed by atoms with Crippen LogP contribution in [-0.4, -0.2) is 27.4 Å². The van der Waals surface area contributed by atoms with Gasteiger partial charge in [0.25, 0.3) is 0 Å². The lowest BCUT2D eigenvalue weighted by Gasteiger charge is -2.05. The Bertz CT molecular complexity index is 1420. The highest BCUT2D eigenvalue weighted by atomic mass is 19.1. The van der Waals surface area contributed by atoms with Crippen molar-refractivity contribution in [3.63, 3.8) is 0 Å². The highest BCUT2D eigenvalue weighted by Crippen LogP contribution is 2.31. The van der Waals surface area contributed by atoms with E-state index < -0.39 is 5.97 Å². The molecule has 33 heavy (non-hydrogen) atoms. The van der Waals surface area contributed by atoms with Gasteiger partial charge in [-0.15, -0.1) is 0 Å². The van der Waals surface area contributed by atoms with E-state index in [0.717, 1.165) is 27.6 Å². The van der Waals surface area contributed by atoms with Crippen LogP contribution in [0.4, 0.5) is 4.39 Å². The van der Waals surface area contributed by atoms with Crippen LogP contribution in [0.5, 0.6) is 0 Å². The lowest BCUT2D eigenvalue weighted by atomic mass is 10.1. The van der Waals surface area contributed by atoms with Gasteiger partial charge in [-0.1, -0.05) is 60.7 Å². The molecule has 0 saturated heterocycles. The minimum atomic E-state index is -0.431. The molecule has 0 saturated carbocycles. The number of benzene rings is 3. The zero-order valence-corrected chi connectivity index (χ0v) is 18.1. The van der Waals surface area contributed by atoms with Gasteiger partial charge in [0.2, 0.25) is 0 Å². The minimum absolute atomic E-state index is 0.254. The first-order chi connectivity index (χ1) is 16.1. The minimum Gasteiger partial charge on any atom is -0.464 e. The average Bonchev–Trinajstić information content (AvgIpc) is 3.42. The Kier molecular flexibility index (Phi) is 5.48. The fraction of sp³-hybridized carbons (Fsp3) is 0.111. The Morgan fingerprint density at radius 1 is 0.909 bits per heavy atom. The predicted molar refractivity (Wildman–Crippen MR) is 126 cm³/mol. The summed E-state index contributed by atoms with van der Waals surface area (Å²) in [7, 11) is 1.37. The van der Waals surface area contributed by atoms with E-state index in [0.29, 0.717) is 24.5 Å². The topological polar surface area (TPSA) is 49.1 Å². The van der Waals surface area contributed by atoms with Gasteiger partial charge in [-0.05, 0) is 35.4 Å². The fourth-order valence-corrected chi connectivity index (χ4v) is 4.06. The Morgan fingerprint density at radius 2 is 1.61 bits per heavy atom. The third kappa shape index (κ3) is 4.15. The maximum Gasteiger partial charge on any atom is 0.356 e. The number of aromatic nitrogens is 3. The maximum atomic E-state index is 13.3. The molecule has 164 valence electrons. The van der Waals surface area contributed by atoms with E-state index in [9.17, 15) is 9.18 Å². The van der Waals surface area contributed by atoms with Gasteiger partial charge in [-0.25, -0.2) is 9.18 Å². The number of fused-ring (bicyclic) bond motifs is 1. The summed E-state index contributed by atoms with van der Waals surface area (Å²) in [6, 6.07) is 26.2. The number of hydrogen-bond acceptors (Lipinski definition) is 3. The van der Waals surface area contributed by atoms with E-state index >= 15 is 0 Å². The molecule has 5 nitrogen and oxygen atoms in total. The molecule has 0 bridgehead atoms. The number of halogens is 1. The van der Waals surface area contributed by atoms with Crippen LogP contribution < -0.4 is 0 Å². The largest absolute Gasteiger partial charge is 0.464 e. The van der Waals surface area contributed by atoms with Crippen LogP contribution in [0.25, 0.3) is 22.2 Å². The van der Waals surface area contributed by atoms with Crippen molar-refractivity contribution in [2.45, 2.75) is 13.1 Å². The molecule has 5 aromatic rings. The van der Waals surface area contributed by atoms with E-state index in [4.69, 9.17) is 9.84 Å². The smallest absolute Gasteiger partial charge is 0.356 e. The summed E-state index contributed by atoms with van der Waals surface area (Å²) in [6.07, 6.45) is 2.03. The molecule has 0 aliphatic heterocycles. The van der Waals surface area contributed by atoms with Crippen LogP contribution in [0, 0.1) is 5.82 Å². The second kappa shape index (κ2) is 8.74. The number of nitrogens with zero attached hydrogens (tertiary/aromatic N) is 3. The number of carbonyl (C=O) groups is 1. The van der Waals surface area contributed by atoms with Crippen molar-refractivity contribution in [1.82, 2.24) is 14.3 Å². The Hall–Kier alpha value is -4.19. The molecule has 0 atom stereocenters. The maximum absolute atomic E-state index is 13.3. The molecular weight excluding hydrogens is 417 g/mol. The highest BCUT2D eigenvalue weighted by Gasteiger charge is 2.20. The number of rotatable bonds is 6. The first-order valence-electron chi connectivity index (χ1n) is 10.6. The summed E-state index contributed by atoms with van der Waals surface area (Å²) in [5.74, 6) is -0.684. The first-order valence-corrected chi connectivity index (χ1v) is 10.6. The van der Waals surface area contributed by atoms with Crippen molar-refractivity contribution in [3.8, 4) is 11.3 Å². The normalized spacial score (nSPS) is 11.1. The van der Waals surface area contributed by atoms with Gasteiger partial charge in [-0.3, -0.25) is 4.68 Å². The zero-order valence-electron chi connectivity index (χ0n) is 18.1. The molecule has 3 aromatic carbocycles. The van der Waals surface area contributed by atoms with E-state index in [2.05, 4.69) is 4.57 Å². The van der Waals surface area contributed by atoms with Crippen LogP contribution in [0.15, 0.2) is 91.1 Å². The van der Waals surface area contributed by atoms with Crippen LogP contribution in [0.2, 0.25) is 0 Å². The first kappa shape index (κ1) is 20.7. The number of carbonyl (C=O) groups excluding carboxylic acids is 1. The molecule has 0 aliphatic carbocycles. The lowest BCUT2D eigenvalue weighted by molar-refractivity contribution is 0.0587. The average molecular weight is 439 g/mol. The summed E-state index contributed by atoms with van der Waals surface area (Å²) in [6.45, 7) is 1.05. The van der Waals surface area contributed by atoms with Crippen LogP contribution in [0.1, 0.15) is 21.6 Å². The number of hydrogen-bond donors (Lipinski definition) is 0. The third-order valence-corrected chi connectivity index (χ3v) is 5.68. The molecule has 0 N–H and O–H groups in total. The molecule has 5 rings (SSSR count). The van der Waals surface area contributed by atoms with Crippen LogP contribution in [0.3, 0.4) is 0 Å². The molecule has 0 unspecified atom stereocenters. The standard InChI is InChI=1S/C27H22FN3O2/c1-33-27(32)26-15-24(29-31(26)17-19-7-3-2-4-8-19)23-18-30(25-10-6-5-9-22(23)25)16-20-11-13-21(28)14-12-20/h2-15,18H,16-17H2,1H3. The summed E-state index contributed by atoms with van der Waals surface area (Å²) < 4.78 is 22.1. The zero-order chi connectivity index (χ0) is 22.8. The molecule has 0 amide bonds. The fourth-order valence-electron chi connectivity index (χ4n) is 4.06. The molecule has 0 fully saturated rings. The SMILES string of the molecule is COC(=O)c1cc(-c2cn(Cc3ccc(F)cc3)c3ccccc23)nn1Cc1ccccc1. The van der Waals surface area contributed by atoms with Gasteiger partial charge in [0, 0.05) is 29.2 Å². The summed E-state index contributed by atoms with van der Waals surface area (Å²) in [5.41, 5.74) is 5.08. The Balaban J connectivity index is 1.58. The second-order valence-electron chi connectivity index (χ2n) is 7.86. The Morgan fingerprint density at radius 3 is 2.36 bits per heavy atom. The molecule has 0 radical (unpaired) electrons. The van der Waals surface area contributed by atoms with Gasteiger partial charge in [-0.2, -0.15) is 5.10 Å². The van der Waals surface area contributed by atoms with E-state index in [1.165, 1.54) is 19.2 Å². The van der Waals surface area contributed by atoms with Crippen molar-refractivity contribution < 1.29 is 13.9 Å². The van der Waals surface area contributed by atoms with Gasteiger partial charge in [0.05, 0.1) is 19.3 Å². The summed E-state index contributed by atoms with van der Waals surface area (Å²) in [4.78, 5) is 12.5. The van der Waals surface area contributed by atoms with Gasteiger partial charge >= 0.3 is 5.97 Å². The number of methoxy groups -OCH3 is 1. The molecular formula is C27H22FN3O2. The van der Waals surface area contributed by atoms with E-state index in [-0.39, 0.29) is 5.82 Å².